The fourth-order valence-corrected chi connectivity index (χ4v) is 3.66. The molecule has 2 aromatic rings. The van der Waals surface area contributed by atoms with E-state index in [-0.39, 0.29) is 25.0 Å². The fraction of sp³-hybridized carbons (Fsp3) is 0.391. The molecule has 0 saturated heterocycles. The van der Waals surface area contributed by atoms with Gasteiger partial charge in [-0.15, -0.1) is 0 Å². The SMILES string of the molecule is CCC(C(=O)NC(C)(C)C)N(Cc1ccccc1Cl)C(=O)COc1ccc(Cl)cc1Cl. The second kappa shape index (κ2) is 11.1. The van der Waals surface area contributed by atoms with Gasteiger partial charge in [0.2, 0.25) is 5.91 Å². The van der Waals surface area contributed by atoms with E-state index in [1.165, 1.54) is 11.0 Å². The molecular weight excluding hydrogens is 459 g/mol. The summed E-state index contributed by atoms with van der Waals surface area (Å²) in [7, 11) is 0. The van der Waals surface area contributed by atoms with Crippen molar-refractivity contribution >= 4 is 46.6 Å². The third-order valence-corrected chi connectivity index (χ3v) is 5.33. The van der Waals surface area contributed by atoms with Crippen LogP contribution >= 0.6 is 34.8 Å². The summed E-state index contributed by atoms with van der Waals surface area (Å²) in [6, 6.07) is 11.3. The van der Waals surface area contributed by atoms with Crippen LogP contribution in [-0.4, -0.2) is 34.9 Å². The van der Waals surface area contributed by atoms with E-state index in [0.717, 1.165) is 5.56 Å². The first-order valence-corrected chi connectivity index (χ1v) is 11.1. The molecule has 1 N–H and O–H groups in total. The van der Waals surface area contributed by atoms with E-state index >= 15 is 0 Å². The summed E-state index contributed by atoms with van der Waals surface area (Å²) in [5.74, 6) is -0.258. The maximum absolute atomic E-state index is 13.2. The minimum Gasteiger partial charge on any atom is -0.482 e. The van der Waals surface area contributed by atoms with E-state index < -0.39 is 11.6 Å². The number of halogens is 3. The molecule has 0 bridgehead atoms. The minimum absolute atomic E-state index is 0.173. The molecule has 2 amide bonds. The molecule has 31 heavy (non-hydrogen) atoms. The van der Waals surface area contributed by atoms with Crippen LogP contribution in [0.5, 0.6) is 5.75 Å². The molecule has 5 nitrogen and oxygen atoms in total. The van der Waals surface area contributed by atoms with Gasteiger partial charge in [-0.2, -0.15) is 0 Å². The number of carbonyl (C=O) groups excluding carboxylic acids is 2. The summed E-state index contributed by atoms with van der Waals surface area (Å²) in [4.78, 5) is 27.6. The van der Waals surface area contributed by atoms with E-state index in [4.69, 9.17) is 39.5 Å². The van der Waals surface area contributed by atoms with Crippen LogP contribution in [0.1, 0.15) is 39.7 Å². The van der Waals surface area contributed by atoms with Crippen molar-refractivity contribution < 1.29 is 14.3 Å². The van der Waals surface area contributed by atoms with E-state index in [1.807, 2.05) is 45.9 Å². The third kappa shape index (κ3) is 7.60. The highest BCUT2D eigenvalue weighted by molar-refractivity contribution is 6.35. The zero-order chi connectivity index (χ0) is 23.2. The van der Waals surface area contributed by atoms with E-state index in [0.29, 0.717) is 27.2 Å². The van der Waals surface area contributed by atoms with Gasteiger partial charge in [-0.25, -0.2) is 0 Å². The van der Waals surface area contributed by atoms with E-state index in [2.05, 4.69) is 5.32 Å². The molecule has 0 aromatic heterocycles. The second-order valence-electron chi connectivity index (χ2n) is 8.14. The fourth-order valence-electron chi connectivity index (χ4n) is 3.00. The largest absolute Gasteiger partial charge is 0.482 e. The zero-order valence-corrected chi connectivity index (χ0v) is 20.3. The van der Waals surface area contributed by atoms with Gasteiger partial charge in [-0.05, 0) is 57.0 Å². The Bertz CT molecular complexity index is 929. The molecule has 2 aromatic carbocycles. The van der Waals surface area contributed by atoms with E-state index in [1.54, 1.807) is 18.2 Å². The number of hydrogen-bond acceptors (Lipinski definition) is 3. The molecule has 2 rings (SSSR count). The quantitative estimate of drug-likeness (QED) is 0.518. The zero-order valence-electron chi connectivity index (χ0n) is 18.0. The second-order valence-corrected chi connectivity index (χ2v) is 9.39. The molecule has 0 radical (unpaired) electrons. The Labute approximate surface area is 198 Å². The maximum atomic E-state index is 13.2. The number of ether oxygens (including phenoxy) is 1. The number of hydrogen-bond donors (Lipinski definition) is 1. The van der Waals surface area contributed by atoms with Crippen LogP contribution in [0.25, 0.3) is 0 Å². The molecule has 0 aliphatic heterocycles. The van der Waals surface area contributed by atoms with Crippen molar-refractivity contribution in [3.05, 3.63) is 63.1 Å². The summed E-state index contributed by atoms with van der Waals surface area (Å²) in [5, 5.41) is 4.24. The summed E-state index contributed by atoms with van der Waals surface area (Å²) < 4.78 is 5.63. The first-order chi connectivity index (χ1) is 14.5. The molecular formula is C23H27Cl3N2O3. The van der Waals surface area contributed by atoms with Crippen LogP contribution in [0, 0.1) is 0 Å². The average molecular weight is 486 g/mol. The predicted octanol–water partition coefficient (Wildman–Crippen LogP) is 5.75. The van der Waals surface area contributed by atoms with Crippen molar-refractivity contribution in [2.75, 3.05) is 6.61 Å². The van der Waals surface area contributed by atoms with Gasteiger partial charge >= 0.3 is 0 Å². The lowest BCUT2D eigenvalue weighted by Gasteiger charge is -2.33. The van der Waals surface area contributed by atoms with Crippen LogP contribution < -0.4 is 10.1 Å². The summed E-state index contributed by atoms with van der Waals surface area (Å²) in [6.07, 6.45) is 0.430. The van der Waals surface area contributed by atoms with Crippen LogP contribution in [-0.2, 0) is 16.1 Å². The first kappa shape index (κ1) is 25.3. The molecule has 168 valence electrons. The predicted molar refractivity (Wildman–Crippen MR) is 126 cm³/mol. The van der Waals surface area contributed by atoms with Crippen LogP contribution in [0.3, 0.4) is 0 Å². The van der Waals surface area contributed by atoms with Gasteiger partial charge in [0.05, 0.1) is 5.02 Å². The topological polar surface area (TPSA) is 58.6 Å². The van der Waals surface area contributed by atoms with Gasteiger partial charge in [-0.3, -0.25) is 9.59 Å². The van der Waals surface area contributed by atoms with Gasteiger partial charge in [0, 0.05) is 22.1 Å². The smallest absolute Gasteiger partial charge is 0.261 e. The van der Waals surface area contributed by atoms with Crippen molar-refractivity contribution in [2.45, 2.75) is 52.2 Å². The molecule has 0 spiro atoms. The lowest BCUT2D eigenvalue weighted by atomic mass is 10.1. The number of benzene rings is 2. The van der Waals surface area contributed by atoms with Crippen molar-refractivity contribution in [3.8, 4) is 5.75 Å². The van der Waals surface area contributed by atoms with E-state index in [9.17, 15) is 9.59 Å². The van der Waals surface area contributed by atoms with Gasteiger partial charge in [0.25, 0.3) is 5.91 Å². The van der Waals surface area contributed by atoms with Crippen molar-refractivity contribution in [1.82, 2.24) is 10.2 Å². The number of amides is 2. The summed E-state index contributed by atoms with van der Waals surface area (Å²) >= 11 is 18.4. The third-order valence-electron chi connectivity index (χ3n) is 4.43. The summed E-state index contributed by atoms with van der Waals surface area (Å²) in [6.45, 7) is 7.42. The highest BCUT2D eigenvalue weighted by Crippen LogP contribution is 2.28. The number of nitrogens with zero attached hydrogens (tertiary/aromatic N) is 1. The van der Waals surface area contributed by atoms with Gasteiger partial charge in [0.15, 0.2) is 6.61 Å². The average Bonchev–Trinajstić information content (AvgIpc) is 2.67. The van der Waals surface area contributed by atoms with Crippen molar-refractivity contribution in [2.24, 2.45) is 0 Å². The Morgan fingerprint density at radius 3 is 2.32 bits per heavy atom. The minimum atomic E-state index is -0.688. The Morgan fingerprint density at radius 2 is 1.74 bits per heavy atom. The van der Waals surface area contributed by atoms with Gasteiger partial charge in [0.1, 0.15) is 11.8 Å². The van der Waals surface area contributed by atoms with Crippen molar-refractivity contribution in [3.63, 3.8) is 0 Å². The Kier molecular flexibility index (Phi) is 9.04. The Hall–Kier alpha value is -1.95. The molecule has 0 fully saturated rings. The van der Waals surface area contributed by atoms with Gasteiger partial charge < -0.3 is 15.0 Å². The van der Waals surface area contributed by atoms with Crippen molar-refractivity contribution in [1.29, 1.82) is 0 Å². The highest BCUT2D eigenvalue weighted by atomic mass is 35.5. The van der Waals surface area contributed by atoms with Crippen LogP contribution in [0.2, 0.25) is 15.1 Å². The Balaban J connectivity index is 2.27. The molecule has 0 aliphatic rings. The summed E-state index contributed by atoms with van der Waals surface area (Å²) in [5.41, 5.74) is 0.306. The first-order valence-electron chi connectivity index (χ1n) is 9.94. The maximum Gasteiger partial charge on any atom is 0.261 e. The molecule has 8 heteroatoms. The lowest BCUT2D eigenvalue weighted by Crippen LogP contribution is -2.54. The van der Waals surface area contributed by atoms with Crippen LogP contribution in [0.15, 0.2) is 42.5 Å². The normalized spacial score (nSPS) is 12.2. The molecule has 0 aliphatic carbocycles. The monoisotopic (exact) mass is 484 g/mol. The molecule has 0 saturated carbocycles. The highest BCUT2D eigenvalue weighted by Gasteiger charge is 2.31. The molecule has 1 unspecified atom stereocenters. The number of rotatable bonds is 8. The molecule has 0 heterocycles. The number of nitrogens with one attached hydrogen (secondary N) is 1. The Morgan fingerprint density at radius 1 is 1.06 bits per heavy atom. The molecule has 1 atom stereocenters. The number of carbonyl (C=O) groups is 2. The van der Waals surface area contributed by atoms with Gasteiger partial charge in [-0.1, -0.05) is 59.9 Å². The lowest BCUT2D eigenvalue weighted by molar-refractivity contribution is -0.143. The standard InChI is InChI=1S/C23H27Cl3N2O3/c1-5-19(22(30)27-23(2,3)4)28(13-15-8-6-7-9-17(15)25)21(29)14-31-20-11-10-16(24)12-18(20)26/h6-12,19H,5,13-14H2,1-4H3,(H,27,30). The van der Waals surface area contributed by atoms with Crippen LogP contribution in [0.4, 0.5) is 0 Å².